The number of fused-ring (bicyclic) bond motifs is 1. The molecule has 0 amide bonds. The van der Waals surface area contributed by atoms with Gasteiger partial charge in [-0.15, -0.1) is 0 Å². The second-order valence-electron chi connectivity index (χ2n) is 3.96. The van der Waals surface area contributed by atoms with Crippen molar-refractivity contribution < 1.29 is 5.11 Å². The summed E-state index contributed by atoms with van der Waals surface area (Å²) in [6.45, 7) is 3.34. The van der Waals surface area contributed by atoms with E-state index in [1.807, 2.05) is 36.1 Å². The Bertz CT molecular complexity index is 589. The van der Waals surface area contributed by atoms with Gasteiger partial charge in [0, 0.05) is 18.5 Å². The number of rotatable bonds is 4. The van der Waals surface area contributed by atoms with Crippen LogP contribution < -0.4 is 4.90 Å². The van der Waals surface area contributed by atoms with Crippen molar-refractivity contribution in [3.8, 4) is 6.07 Å². The summed E-state index contributed by atoms with van der Waals surface area (Å²) in [5, 5.41) is 19.1. The van der Waals surface area contributed by atoms with E-state index >= 15 is 0 Å². The minimum atomic E-state index is 0.0736. The Hall–Kier alpha value is -2.12. The molecule has 0 aliphatic heterocycles. The second-order valence-corrected chi connectivity index (χ2v) is 3.96. The third kappa shape index (κ3) is 2.27. The molecular weight excluding hydrogens is 226 g/mol. The highest BCUT2D eigenvalue weighted by atomic mass is 16.3. The number of pyridine rings is 1. The lowest BCUT2D eigenvalue weighted by atomic mass is 10.1. The molecule has 0 radical (unpaired) electrons. The van der Waals surface area contributed by atoms with Gasteiger partial charge in [0.05, 0.1) is 23.8 Å². The zero-order chi connectivity index (χ0) is 13.0. The van der Waals surface area contributed by atoms with Gasteiger partial charge in [-0.05, 0) is 19.1 Å². The first kappa shape index (κ1) is 12.3. The maximum absolute atomic E-state index is 9.20. The van der Waals surface area contributed by atoms with E-state index in [1.165, 1.54) is 0 Å². The molecule has 2 rings (SSSR count). The Kier molecular flexibility index (Phi) is 3.75. The first-order chi connectivity index (χ1) is 8.80. The van der Waals surface area contributed by atoms with Crippen LogP contribution >= 0.6 is 0 Å². The SMILES string of the molecule is CCN(CCO)c1cc(C#N)c2ccccc2n1. The Labute approximate surface area is 106 Å². The Morgan fingerprint density at radius 1 is 1.39 bits per heavy atom. The number of likely N-dealkylation sites (N-methyl/N-ethyl adjacent to an activating group) is 1. The van der Waals surface area contributed by atoms with E-state index in [9.17, 15) is 5.26 Å². The van der Waals surface area contributed by atoms with Gasteiger partial charge in [0.15, 0.2) is 0 Å². The predicted molar refractivity (Wildman–Crippen MR) is 71.4 cm³/mol. The normalized spacial score (nSPS) is 10.3. The van der Waals surface area contributed by atoms with Crippen LogP contribution in [0.1, 0.15) is 12.5 Å². The Morgan fingerprint density at radius 3 is 2.83 bits per heavy atom. The molecule has 0 fully saturated rings. The van der Waals surface area contributed by atoms with Crippen LogP contribution in [-0.4, -0.2) is 29.8 Å². The van der Waals surface area contributed by atoms with Gasteiger partial charge >= 0.3 is 0 Å². The number of aliphatic hydroxyl groups excluding tert-OH is 1. The highest BCUT2D eigenvalue weighted by molar-refractivity contribution is 5.86. The van der Waals surface area contributed by atoms with Gasteiger partial charge in [0.25, 0.3) is 0 Å². The van der Waals surface area contributed by atoms with E-state index in [0.29, 0.717) is 12.1 Å². The summed E-state index contributed by atoms with van der Waals surface area (Å²) < 4.78 is 0. The van der Waals surface area contributed by atoms with Crippen LogP contribution in [0.25, 0.3) is 10.9 Å². The lowest BCUT2D eigenvalue weighted by molar-refractivity contribution is 0.302. The van der Waals surface area contributed by atoms with Gasteiger partial charge in [-0.2, -0.15) is 5.26 Å². The minimum absolute atomic E-state index is 0.0736. The molecule has 0 aliphatic rings. The molecule has 0 atom stereocenters. The average molecular weight is 241 g/mol. The van der Waals surface area contributed by atoms with E-state index in [0.717, 1.165) is 23.3 Å². The summed E-state index contributed by atoms with van der Waals surface area (Å²) >= 11 is 0. The average Bonchev–Trinajstić information content (AvgIpc) is 2.43. The third-order valence-corrected chi connectivity index (χ3v) is 2.90. The topological polar surface area (TPSA) is 60.1 Å². The number of anilines is 1. The molecule has 0 bridgehead atoms. The standard InChI is InChI=1S/C14H15N3O/c1-2-17(7-8-18)14-9-11(10-15)12-5-3-4-6-13(12)16-14/h3-6,9,18H,2,7-8H2,1H3. The van der Waals surface area contributed by atoms with Gasteiger partial charge in [-0.1, -0.05) is 18.2 Å². The molecule has 1 N–H and O–H groups in total. The first-order valence-electron chi connectivity index (χ1n) is 5.95. The molecule has 1 aromatic heterocycles. The summed E-state index contributed by atoms with van der Waals surface area (Å²) in [4.78, 5) is 6.49. The molecular formula is C14H15N3O. The fraction of sp³-hybridized carbons (Fsp3) is 0.286. The zero-order valence-electron chi connectivity index (χ0n) is 10.3. The summed E-state index contributed by atoms with van der Waals surface area (Å²) in [7, 11) is 0. The van der Waals surface area contributed by atoms with E-state index in [1.54, 1.807) is 6.07 Å². The molecule has 1 aromatic carbocycles. The number of para-hydroxylation sites is 1. The lowest BCUT2D eigenvalue weighted by Crippen LogP contribution is -2.27. The number of nitriles is 1. The van der Waals surface area contributed by atoms with E-state index in [2.05, 4.69) is 11.1 Å². The fourth-order valence-corrected chi connectivity index (χ4v) is 1.97. The number of aromatic nitrogens is 1. The number of aliphatic hydroxyl groups is 1. The van der Waals surface area contributed by atoms with Gasteiger partial charge < -0.3 is 10.0 Å². The van der Waals surface area contributed by atoms with E-state index in [4.69, 9.17) is 5.11 Å². The van der Waals surface area contributed by atoms with Crippen LogP contribution in [0.4, 0.5) is 5.82 Å². The van der Waals surface area contributed by atoms with Crippen LogP contribution in [0.2, 0.25) is 0 Å². The predicted octanol–water partition coefficient (Wildman–Crippen LogP) is 1.93. The van der Waals surface area contributed by atoms with Crippen LogP contribution in [0, 0.1) is 11.3 Å². The molecule has 18 heavy (non-hydrogen) atoms. The maximum Gasteiger partial charge on any atom is 0.130 e. The van der Waals surface area contributed by atoms with Crippen molar-refractivity contribution in [3.63, 3.8) is 0 Å². The quantitative estimate of drug-likeness (QED) is 0.888. The van der Waals surface area contributed by atoms with Crippen molar-refractivity contribution in [1.29, 1.82) is 5.26 Å². The van der Waals surface area contributed by atoms with Crippen molar-refractivity contribution in [1.82, 2.24) is 4.98 Å². The largest absolute Gasteiger partial charge is 0.395 e. The molecule has 0 aliphatic carbocycles. The second kappa shape index (κ2) is 5.48. The van der Waals surface area contributed by atoms with Crippen molar-refractivity contribution in [2.75, 3.05) is 24.6 Å². The minimum Gasteiger partial charge on any atom is -0.395 e. The molecule has 2 aromatic rings. The summed E-state index contributed by atoms with van der Waals surface area (Å²) in [5.41, 5.74) is 1.43. The van der Waals surface area contributed by atoms with E-state index in [-0.39, 0.29) is 6.61 Å². The van der Waals surface area contributed by atoms with Gasteiger partial charge in [-0.25, -0.2) is 4.98 Å². The van der Waals surface area contributed by atoms with Crippen LogP contribution in [-0.2, 0) is 0 Å². The molecule has 0 saturated heterocycles. The van der Waals surface area contributed by atoms with Gasteiger partial charge in [-0.3, -0.25) is 0 Å². The van der Waals surface area contributed by atoms with Crippen molar-refractivity contribution in [2.24, 2.45) is 0 Å². The molecule has 1 heterocycles. The summed E-state index contributed by atoms with van der Waals surface area (Å²) in [5.74, 6) is 0.738. The number of nitrogens with zero attached hydrogens (tertiary/aromatic N) is 3. The summed E-state index contributed by atoms with van der Waals surface area (Å²) in [6.07, 6.45) is 0. The van der Waals surface area contributed by atoms with Gasteiger partial charge in [0.2, 0.25) is 0 Å². The Morgan fingerprint density at radius 2 is 2.17 bits per heavy atom. The van der Waals surface area contributed by atoms with E-state index < -0.39 is 0 Å². The monoisotopic (exact) mass is 241 g/mol. The number of hydrogen-bond donors (Lipinski definition) is 1. The number of benzene rings is 1. The fourth-order valence-electron chi connectivity index (χ4n) is 1.97. The third-order valence-electron chi connectivity index (χ3n) is 2.90. The highest BCUT2D eigenvalue weighted by Crippen LogP contribution is 2.22. The molecule has 92 valence electrons. The lowest BCUT2D eigenvalue weighted by Gasteiger charge is -2.21. The van der Waals surface area contributed by atoms with Crippen LogP contribution in [0.15, 0.2) is 30.3 Å². The Balaban J connectivity index is 2.56. The smallest absolute Gasteiger partial charge is 0.130 e. The molecule has 4 nitrogen and oxygen atoms in total. The molecule has 0 unspecified atom stereocenters. The zero-order valence-corrected chi connectivity index (χ0v) is 10.3. The van der Waals surface area contributed by atoms with Crippen molar-refractivity contribution >= 4 is 16.7 Å². The van der Waals surface area contributed by atoms with Gasteiger partial charge in [0.1, 0.15) is 5.82 Å². The highest BCUT2D eigenvalue weighted by Gasteiger charge is 2.09. The van der Waals surface area contributed by atoms with Crippen molar-refractivity contribution in [2.45, 2.75) is 6.92 Å². The summed E-state index contributed by atoms with van der Waals surface area (Å²) in [6, 6.07) is 11.6. The van der Waals surface area contributed by atoms with Crippen LogP contribution in [0.3, 0.4) is 0 Å². The maximum atomic E-state index is 9.20. The first-order valence-corrected chi connectivity index (χ1v) is 5.95. The molecule has 0 saturated carbocycles. The molecule has 4 heteroatoms. The van der Waals surface area contributed by atoms with Crippen LogP contribution in [0.5, 0.6) is 0 Å². The van der Waals surface area contributed by atoms with Crippen molar-refractivity contribution in [3.05, 3.63) is 35.9 Å². The number of hydrogen-bond acceptors (Lipinski definition) is 4. The molecule has 0 spiro atoms.